The zero-order valence-electron chi connectivity index (χ0n) is 24.5. The molecule has 10 aromatic carbocycles. The topological polar surface area (TPSA) is 93.1 Å². The SMILES string of the molecule is O=S(=O)(Oc1ccc2c3ccc(O)cc3c3cccc4ccc1c2c43)Oc1ccc2c3ccc(O)cc3c3cccc4ccc1c2c43. The Kier molecular flexibility index (Phi) is 5.03. The lowest BCUT2D eigenvalue weighted by Gasteiger charge is -2.18. The van der Waals surface area contributed by atoms with Crippen molar-refractivity contribution in [2.45, 2.75) is 0 Å². The van der Waals surface area contributed by atoms with Crippen LogP contribution in [0.15, 0.2) is 121 Å². The van der Waals surface area contributed by atoms with Gasteiger partial charge in [-0.05, 0) is 125 Å². The lowest BCUT2D eigenvalue weighted by molar-refractivity contribution is 0.396. The second-order valence-electron chi connectivity index (χ2n) is 12.0. The molecular formula is C40H22O6S. The van der Waals surface area contributed by atoms with E-state index in [2.05, 4.69) is 0 Å². The Labute approximate surface area is 267 Å². The smallest absolute Gasteiger partial charge is 0.501 e. The molecule has 0 unspecified atom stereocenters. The molecule has 0 bridgehead atoms. The molecule has 0 aliphatic rings. The quantitative estimate of drug-likeness (QED) is 0.149. The van der Waals surface area contributed by atoms with E-state index in [0.29, 0.717) is 10.8 Å². The van der Waals surface area contributed by atoms with Gasteiger partial charge in [0.05, 0.1) is 0 Å². The summed E-state index contributed by atoms with van der Waals surface area (Å²) in [5.41, 5.74) is 0. The second kappa shape index (κ2) is 9.02. The highest BCUT2D eigenvalue weighted by Crippen LogP contribution is 2.46. The predicted molar refractivity (Wildman–Crippen MR) is 189 cm³/mol. The lowest BCUT2D eigenvalue weighted by Crippen LogP contribution is -2.17. The van der Waals surface area contributed by atoms with Crippen molar-refractivity contribution in [3.8, 4) is 23.0 Å². The van der Waals surface area contributed by atoms with Crippen molar-refractivity contribution >= 4 is 96.6 Å². The van der Waals surface area contributed by atoms with Crippen LogP contribution in [-0.4, -0.2) is 18.6 Å². The van der Waals surface area contributed by atoms with E-state index >= 15 is 0 Å². The molecule has 224 valence electrons. The zero-order valence-corrected chi connectivity index (χ0v) is 25.3. The van der Waals surface area contributed by atoms with Gasteiger partial charge in [0.2, 0.25) is 0 Å². The van der Waals surface area contributed by atoms with Crippen LogP contribution in [0.25, 0.3) is 86.2 Å². The maximum Gasteiger partial charge on any atom is 0.501 e. The molecule has 0 radical (unpaired) electrons. The van der Waals surface area contributed by atoms with E-state index in [9.17, 15) is 18.6 Å². The molecule has 0 heterocycles. The van der Waals surface area contributed by atoms with E-state index in [1.54, 1.807) is 36.4 Å². The van der Waals surface area contributed by atoms with Gasteiger partial charge >= 0.3 is 10.4 Å². The third-order valence-electron chi connectivity index (χ3n) is 9.51. The first-order valence-electron chi connectivity index (χ1n) is 15.1. The fourth-order valence-corrected chi connectivity index (χ4v) is 8.42. The van der Waals surface area contributed by atoms with Crippen LogP contribution in [0.5, 0.6) is 23.0 Å². The second-order valence-corrected chi connectivity index (χ2v) is 13.2. The first kappa shape index (κ1) is 26.2. The molecule has 0 amide bonds. The molecule has 6 nitrogen and oxygen atoms in total. The number of benzene rings is 10. The van der Waals surface area contributed by atoms with Gasteiger partial charge in [0.15, 0.2) is 11.5 Å². The molecule has 0 saturated heterocycles. The van der Waals surface area contributed by atoms with Crippen LogP contribution in [-0.2, 0) is 10.4 Å². The zero-order chi connectivity index (χ0) is 31.6. The molecule has 0 aliphatic carbocycles. The van der Waals surface area contributed by atoms with Gasteiger partial charge in [0, 0.05) is 21.5 Å². The molecule has 0 saturated carbocycles. The van der Waals surface area contributed by atoms with Crippen LogP contribution >= 0.6 is 0 Å². The summed E-state index contributed by atoms with van der Waals surface area (Å²) in [6, 6.07) is 37.3. The maximum absolute atomic E-state index is 13.7. The summed E-state index contributed by atoms with van der Waals surface area (Å²) in [6.45, 7) is 0. The minimum absolute atomic E-state index is 0.159. The maximum atomic E-state index is 13.7. The molecule has 10 aromatic rings. The van der Waals surface area contributed by atoms with E-state index in [-0.39, 0.29) is 23.0 Å². The van der Waals surface area contributed by atoms with Crippen LogP contribution in [0.3, 0.4) is 0 Å². The molecule has 0 fully saturated rings. The van der Waals surface area contributed by atoms with Crippen LogP contribution < -0.4 is 8.37 Å². The molecule has 0 atom stereocenters. The Hall–Kier alpha value is -6.05. The summed E-state index contributed by atoms with van der Waals surface area (Å²) in [6.07, 6.45) is 0. The largest absolute Gasteiger partial charge is 0.508 e. The van der Waals surface area contributed by atoms with Gasteiger partial charge < -0.3 is 18.6 Å². The van der Waals surface area contributed by atoms with E-state index in [1.807, 2.05) is 84.9 Å². The Morgan fingerprint density at radius 2 is 0.787 bits per heavy atom. The molecule has 0 spiro atoms. The van der Waals surface area contributed by atoms with Gasteiger partial charge in [-0.1, -0.05) is 60.7 Å². The van der Waals surface area contributed by atoms with Crippen LogP contribution in [0.1, 0.15) is 0 Å². The predicted octanol–water partition coefficient (Wildman–Crippen LogP) is 9.90. The molecular weight excluding hydrogens is 609 g/mol. The summed E-state index contributed by atoms with van der Waals surface area (Å²) in [5.74, 6) is 0.676. The Bertz CT molecular complexity index is 2860. The van der Waals surface area contributed by atoms with E-state index in [0.717, 1.165) is 75.4 Å². The molecule has 0 aliphatic heterocycles. The van der Waals surface area contributed by atoms with Crippen molar-refractivity contribution in [2.24, 2.45) is 0 Å². The van der Waals surface area contributed by atoms with Crippen molar-refractivity contribution < 1.29 is 27.0 Å². The van der Waals surface area contributed by atoms with Gasteiger partial charge in [-0.3, -0.25) is 0 Å². The van der Waals surface area contributed by atoms with Gasteiger partial charge in [-0.25, -0.2) is 0 Å². The minimum atomic E-state index is -4.59. The van der Waals surface area contributed by atoms with E-state index in [1.165, 1.54) is 0 Å². The minimum Gasteiger partial charge on any atom is -0.508 e. The highest BCUT2D eigenvalue weighted by atomic mass is 32.3. The van der Waals surface area contributed by atoms with Gasteiger partial charge in [0.1, 0.15) is 11.5 Å². The van der Waals surface area contributed by atoms with Gasteiger partial charge in [-0.15, -0.1) is 8.42 Å². The van der Waals surface area contributed by atoms with Crippen molar-refractivity contribution in [2.75, 3.05) is 0 Å². The monoisotopic (exact) mass is 630 g/mol. The summed E-state index contributed by atoms with van der Waals surface area (Å²) in [7, 11) is -4.59. The highest BCUT2D eigenvalue weighted by Gasteiger charge is 2.24. The lowest BCUT2D eigenvalue weighted by atomic mass is 9.89. The van der Waals surface area contributed by atoms with Crippen LogP contribution in [0.2, 0.25) is 0 Å². The Morgan fingerprint density at radius 1 is 0.383 bits per heavy atom. The standard InChI is InChI=1S/C40H22O6S/c41-23-9-13-25-29-15-17-35(31-11-7-21-3-1-5-27(33(25)19-23)37(21)39(29)31)45-47(43,44)46-36-18-16-30-26-14-10-24(42)20-34(26)28-6-2-4-22-8-12-32(36)40(30)38(22)28/h1-20,41-42H. The van der Waals surface area contributed by atoms with Crippen LogP contribution in [0.4, 0.5) is 0 Å². The molecule has 2 N–H and O–H groups in total. The Balaban J connectivity index is 1.14. The third-order valence-corrected chi connectivity index (χ3v) is 10.3. The number of phenolic OH excluding ortho intramolecular Hbond substituents is 2. The first-order chi connectivity index (χ1) is 22.8. The Morgan fingerprint density at radius 3 is 1.26 bits per heavy atom. The summed E-state index contributed by atoms with van der Waals surface area (Å²) < 4.78 is 38.9. The fraction of sp³-hybridized carbons (Fsp3) is 0. The highest BCUT2D eigenvalue weighted by molar-refractivity contribution is 7.82. The normalized spacial score (nSPS) is 12.6. The molecule has 0 aromatic heterocycles. The average Bonchev–Trinajstić information content (AvgIpc) is 3.07. The average molecular weight is 631 g/mol. The van der Waals surface area contributed by atoms with Crippen LogP contribution in [0, 0.1) is 0 Å². The van der Waals surface area contributed by atoms with Crippen molar-refractivity contribution in [1.29, 1.82) is 0 Å². The van der Waals surface area contributed by atoms with Gasteiger partial charge in [0.25, 0.3) is 0 Å². The molecule has 7 heteroatoms. The number of hydrogen-bond acceptors (Lipinski definition) is 6. The number of aromatic hydroxyl groups is 2. The third kappa shape index (κ3) is 3.63. The molecule has 10 rings (SSSR count). The van der Waals surface area contributed by atoms with Crippen molar-refractivity contribution in [1.82, 2.24) is 0 Å². The first-order valence-corrected chi connectivity index (χ1v) is 16.5. The summed E-state index contributed by atoms with van der Waals surface area (Å²) >= 11 is 0. The van der Waals surface area contributed by atoms with E-state index in [4.69, 9.17) is 8.37 Å². The van der Waals surface area contributed by atoms with Crippen molar-refractivity contribution in [3.63, 3.8) is 0 Å². The fourth-order valence-electron chi connectivity index (χ4n) is 7.65. The number of hydrogen-bond donors (Lipinski definition) is 2. The summed E-state index contributed by atoms with van der Waals surface area (Å²) in [4.78, 5) is 0. The van der Waals surface area contributed by atoms with E-state index < -0.39 is 10.4 Å². The number of fused-ring (bicyclic) bond motifs is 6. The molecule has 47 heavy (non-hydrogen) atoms. The number of phenols is 2. The van der Waals surface area contributed by atoms with Crippen molar-refractivity contribution in [3.05, 3.63) is 121 Å². The summed E-state index contributed by atoms with van der Waals surface area (Å²) in [5, 5.41) is 35.0. The number of rotatable bonds is 4. The van der Waals surface area contributed by atoms with Gasteiger partial charge in [-0.2, -0.15) is 0 Å².